The summed E-state index contributed by atoms with van der Waals surface area (Å²) in [7, 11) is 0. The van der Waals surface area contributed by atoms with Crippen molar-refractivity contribution in [1.82, 2.24) is 5.32 Å². The molecule has 0 saturated carbocycles. The molecule has 5 heteroatoms. The van der Waals surface area contributed by atoms with Gasteiger partial charge in [0, 0.05) is 29.4 Å². The Kier molecular flexibility index (Phi) is 4.95. The molecule has 0 bridgehead atoms. The highest BCUT2D eigenvalue weighted by molar-refractivity contribution is 5.55. The molecule has 2 N–H and O–H groups in total. The van der Waals surface area contributed by atoms with Crippen LogP contribution in [0.1, 0.15) is 38.7 Å². The second-order valence-corrected chi connectivity index (χ2v) is 5.53. The molecule has 2 rings (SSSR count). The summed E-state index contributed by atoms with van der Waals surface area (Å²) in [6.07, 6.45) is 4.19. The third kappa shape index (κ3) is 3.70. The average Bonchev–Trinajstić information content (AvgIpc) is 2.91. The van der Waals surface area contributed by atoms with Crippen LogP contribution < -0.4 is 10.6 Å². The first-order chi connectivity index (χ1) is 9.60. The zero-order valence-corrected chi connectivity index (χ0v) is 12.2. The summed E-state index contributed by atoms with van der Waals surface area (Å²) in [6.45, 7) is 5.16. The van der Waals surface area contributed by atoms with E-state index in [-0.39, 0.29) is 10.6 Å². The standard InChI is InChI=1S/C15H23N3O2/c1-3-12-6-7-14(10-15(12)18(19)20)17-11(2)9-13-5-4-8-16-13/h6-7,10-11,13,16-17H,3-5,8-9H2,1-2H3. The molecule has 0 amide bonds. The van der Waals surface area contributed by atoms with E-state index in [0.29, 0.717) is 18.5 Å². The predicted octanol–water partition coefficient (Wildman–Crippen LogP) is 3.10. The lowest BCUT2D eigenvalue weighted by Gasteiger charge is -2.19. The molecule has 0 aliphatic carbocycles. The molecule has 1 aliphatic rings. The zero-order valence-electron chi connectivity index (χ0n) is 12.2. The Labute approximate surface area is 119 Å². The van der Waals surface area contributed by atoms with Gasteiger partial charge in [-0.15, -0.1) is 0 Å². The highest BCUT2D eigenvalue weighted by Crippen LogP contribution is 2.24. The summed E-state index contributed by atoms with van der Waals surface area (Å²) in [4.78, 5) is 10.8. The van der Waals surface area contributed by atoms with E-state index in [0.717, 1.165) is 24.2 Å². The minimum atomic E-state index is -0.298. The molecule has 1 saturated heterocycles. The third-order valence-electron chi connectivity index (χ3n) is 3.88. The van der Waals surface area contributed by atoms with E-state index < -0.39 is 0 Å². The van der Waals surface area contributed by atoms with Gasteiger partial charge in [-0.1, -0.05) is 13.0 Å². The fourth-order valence-electron chi connectivity index (χ4n) is 2.85. The Bertz CT molecular complexity index is 470. The highest BCUT2D eigenvalue weighted by Gasteiger charge is 2.18. The lowest BCUT2D eigenvalue weighted by atomic mass is 10.1. The minimum absolute atomic E-state index is 0.212. The van der Waals surface area contributed by atoms with Crippen molar-refractivity contribution in [2.24, 2.45) is 0 Å². The predicted molar refractivity (Wildman–Crippen MR) is 81.2 cm³/mol. The molecular weight excluding hydrogens is 254 g/mol. The first-order valence-corrected chi connectivity index (χ1v) is 7.37. The Balaban J connectivity index is 2.01. The second kappa shape index (κ2) is 6.70. The summed E-state index contributed by atoms with van der Waals surface area (Å²) in [5, 5.41) is 17.9. The Morgan fingerprint density at radius 2 is 2.35 bits per heavy atom. The fourth-order valence-corrected chi connectivity index (χ4v) is 2.85. The van der Waals surface area contributed by atoms with E-state index in [1.54, 1.807) is 6.07 Å². The normalized spacial score (nSPS) is 19.8. The third-order valence-corrected chi connectivity index (χ3v) is 3.88. The van der Waals surface area contributed by atoms with Crippen LogP contribution in [-0.4, -0.2) is 23.6 Å². The Hall–Kier alpha value is -1.62. The van der Waals surface area contributed by atoms with E-state index in [4.69, 9.17) is 0 Å². The maximum absolute atomic E-state index is 11.1. The van der Waals surface area contributed by atoms with Gasteiger partial charge in [0.1, 0.15) is 0 Å². The van der Waals surface area contributed by atoms with E-state index in [1.165, 1.54) is 12.8 Å². The van der Waals surface area contributed by atoms with Crippen molar-refractivity contribution in [1.29, 1.82) is 0 Å². The van der Waals surface area contributed by atoms with Crippen molar-refractivity contribution < 1.29 is 4.92 Å². The number of aryl methyl sites for hydroxylation is 1. The van der Waals surface area contributed by atoms with Crippen molar-refractivity contribution >= 4 is 11.4 Å². The zero-order chi connectivity index (χ0) is 14.5. The smallest absolute Gasteiger partial charge is 0.274 e. The SMILES string of the molecule is CCc1ccc(NC(C)CC2CCCN2)cc1[N+](=O)[O-]. The van der Waals surface area contributed by atoms with Gasteiger partial charge in [-0.3, -0.25) is 10.1 Å². The number of nitrogens with one attached hydrogen (secondary N) is 2. The number of rotatable bonds is 6. The van der Waals surface area contributed by atoms with Crippen LogP contribution in [0.2, 0.25) is 0 Å². The van der Waals surface area contributed by atoms with E-state index in [2.05, 4.69) is 17.6 Å². The van der Waals surface area contributed by atoms with Gasteiger partial charge >= 0.3 is 0 Å². The molecule has 1 aromatic carbocycles. The lowest BCUT2D eigenvalue weighted by Crippen LogP contribution is -2.29. The van der Waals surface area contributed by atoms with Crippen LogP contribution >= 0.6 is 0 Å². The monoisotopic (exact) mass is 277 g/mol. The van der Waals surface area contributed by atoms with Crippen molar-refractivity contribution in [3.05, 3.63) is 33.9 Å². The summed E-state index contributed by atoms with van der Waals surface area (Å²) in [6, 6.07) is 6.31. The molecule has 5 nitrogen and oxygen atoms in total. The summed E-state index contributed by atoms with van der Waals surface area (Å²) in [5.41, 5.74) is 1.83. The van der Waals surface area contributed by atoms with Gasteiger partial charge in [-0.2, -0.15) is 0 Å². The maximum atomic E-state index is 11.1. The Morgan fingerprint density at radius 1 is 1.55 bits per heavy atom. The van der Waals surface area contributed by atoms with Gasteiger partial charge in [0.15, 0.2) is 0 Å². The molecule has 1 fully saturated rings. The van der Waals surface area contributed by atoms with Crippen molar-refractivity contribution in [2.75, 3.05) is 11.9 Å². The molecule has 1 heterocycles. The second-order valence-electron chi connectivity index (χ2n) is 5.53. The quantitative estimate of drug-likeness (QED) is 0.619. The average molecular weight is 277 g/mol. The summed E-state index contributed by atoms with van der Waals surface area (Å²) in [5.74, 6) is 0. The van der Waals surface area contributed by atoms with Crippen LogP contribution in [-0.2, 0) is 6.42 Å². The first kappa shape index (κ1) is 14.8. The Morgan fingerprint density at radius 3 is 2.95 bits per heavy atom. The van der Waals surface area contributed by atoms with Crippen LogP contribution in [0.25, 0.3) is 0 Å². The molecule has 110 valence electrons. The molecule has 0 spiro atoms. The van der Waals surface area contributed by atoms with Crippen LogP contribution in [0.3, 0.4) is 0 Å². The number of benzene rings is 1. The topological polar surface area (TPSA) is 67.2 Å². The first-order valence-electron chi connectivity index (χ1n) is 7.37. The van der Waals surface area contributed by atoms with E-state index in [1.807, 2.05) is 19.1 Å². The molecule has 1 aliphatic heterocycles. The van der Waals surface area contributed by atoms with Gasteiger partial charge in [0.25, 0.3) is 5.69 Å². The minimum Gasteiger partial charge on any atom is -0.382 e. The van der Waals surface area contributed by atoms with Crippen LogP contribution in [0, 0.1) is 10.1 Å². The van der Waals surface area contributed by atoms with Gasteiger partial charge in [0.05, 0.1) is 4.92 Å². The van der Waals surface area contributed by atoms with Gasteiger partial charge < -0.3 is 10.6 Å². The number of nitro benzene ring substituents is 1. The van der Waals surface area contributed by atoms with Crippen molar-refractivity contribution in [3.63, 3.8) is 0 Å². The molecule has 1 aromatic rings. The highest BCUT2D eigenvalue weighted by atomic mass is 16.6. The number of nitro groups is 1. The van der Waals surface area contributed by atoms with Crippen LogP contribution in [0.5, 0.6) is 0 Å². The molecule has 2 unspecified atom stereocenters. The number of hydrogen-bond donors (Lipinski definition) is 2. The van der Waals surface area contributed by atoms with Gasteiger partial charge in [-0.05, 0) is 45.2 Å². The van der Waals surface area contributed by atoms with Crippen LogP contribution in [0.4, 0.5) is 11.4 Å². The fraction of sp³-hybridized carbons (Fsp3) is 0.600. The van der Waals surface area contributed by atoms with Crippen LogP contribution in [0.15, 0.2) is 18.2 Å². The van der Waals surface area contributed by atoms with Gasteiger partial charge in [0.2, 0.25) is 0 Å². The van der Waals surface area contributed by atoms with Crippen molar-refractivity contribution in [2.45, 2.75) is 51.6 Å². The number of nitrogens with zero attached hydrogens (tertiary/aromatic N) is 1. The largest absolute Gasteiger partial charge is 0.382 e. The van der Waals surface area contributed by atoms with Crippen molar-refractivity contribution in [3.8, 4) is 0 Å². The number of anilines is 1. The summed E-state index contributed by atoms with van der Waals surface area (Å²) < 4.78 is 0. The molecule has 20 heavy (non-hydrogen) atoms. The van der Waals surface area contributed by atoms with Gasteiger partial charge in [-0.25, -0.2) is 0 Å². The number of hydrogen-bond acceptors (Lipinski definition) is 4. The van der Waals surface area contributed by atoms with E-state index >= 15 is 0 Å². The van der Waals surface area contributed by atoms with E-state index in [9.17, 15) is 10.1 Å². The molecular formula is C15H23N3O2. The molecule has 2 atom stereocenters. The molecule has 0 radical (unpaired) electrons. The maximum Gasteiger partial charge on any atom is 0.274 e. The molecule has 0 aromatic heterocycles. The summed E-state index contributed by atoms with van der Waals surface area (Å²) >= 11 is 0. The lowest BCUT2D eigenvalue weighted by molar-refractivity contribution is -0.385.